The van der Waals surface area contributed by atoms with Crippen LogP contribution in [0.15, 0.2) is 18.2 Å². The van der Waals surface area contributed by atoms with E-state index >= 15 is 0 Å². The molecule has 1 aromatic carbocycles. The van der Waals surface area contributed by atoms with Crippen molar-refractivity contribution in [1.82, 2.24) is 5.32 Å². The third kappa shape index (κ3) is 2.92. The van der Waals surface area contributed by atoms with Gasteiger partial charge in [-0.05, 0) is 31.1 Å². The summed E-state index contributed by atoms with van der Waals surface area (Å²) in [7, 11) is 3.16. The summed E-state index contributed by atoms with van der Waals surface area (Å²) in [6, 6.07) is 5.33. The second kappa shape index (κ2) is 5.73. The molecule has 0 atom stereocenters. The standard InChI is InChI=1S/C13H18N2O3/c1-17-10-3-4-11(12(6-10)18-2)15-13(16)5-9-7-14-8-9/h3-4,6,9,14H,5,7-8H2,1-2H3,(H,15,16). The van der Waals surface area contributed by atoms with Crippen molar-refractivity contribution in [1.29, 1.82) is 0 Å². The molecule has 0 aromatic heterocycles. The molecule has 0 bridgehead atoms. The van der Waals surface area contributed by atoms with Crippen LogP contribution in [0.2, 0.25) is 0 Å². The van der Waals surface area contributed by atoms with Crippen molar-refractivity contribution in [2.75, 3.05) is 32.6 Å². The zero-order chi connectivity index (χ0) is 13.0. The average Bonchev–Trinajstić information content (AvgIpc) is 2.34. The molecule has 1 saturated heterocycles. The van der Waals surface area contributed by atoms with E-state index < -0.39 is 0 Å². The molecule has 0 radical (unpaired) electrons. The number of rotatable bonds is 5. The van der Waals surface area contributed by atoms with Crippen molar-refractivity contribution >= 4 is 11.6 Å². The van der Waals surface area contributed by atoms with E-state index in [2.05, 4.69) is 10.6 Å². The van der Waals surface area contributed by atoms with Crippen molar-refractivity contribution < 1.29 is 14.3 Å². The van der Waals surface area contributed by atoms with E-state index in [1.54, 1.807) is 32.4 Å². The van der Waals surface area contributed by atoms with Crippen LogP contribution in [0.1, 0.15) is 6.42 Å². The van der Waals surface area contributed by atoms with E-state index in [1.807, 2.05) is 0 Å². The van der Waals surface area contributed by atoms with Crippen molar-refractivity contribution in [2.24, 2.45) is 5.92 Å². The van der Waals surface area contributed by atoms with Crippen LogP contribution in [0.4, 0.5) is 5.69 Å². The van der Waals surface area contributed by atoms with Gasteiger partial charge in [0.2, 0.25) is 5.91 Å². The molecule has 1 aliphatic heterocycles. The second-order valence-electron chi connectivity index (χ2n) is 4.34. The number of nitrogens with one attached hydrogen (secondary N) is 2. The Hall–Kier alpha value is -1.75. The number of carbonyl (C=O) groups is 1. The van der Waals surface area contributed by atoms with Crippen LogP contribution in [0.5, 0.6) is 11.5 Å². The molecule has 5 heteroatoms. The summed E-state index contributed by atoms with van der Waals surface area (Å²) in [5, 5.41) is 6.01. The van der Waals surface area contributed by atoms with Crippen molar-refractivity contribution in [3.05, 3.63) is 18.2 Å². The van der Waals surface area contributed by atoms with Gasteiger partial charge < -0.3 is 20.1 Å². The maximum Gasteiger partial charge on any atom is 0.224 e. The number of benzene rings is 1. The smallest absolute Gasteiger partial charge is 0.224 e. The fraction of sp³-hybridized carbons (Fsp3) is 0.462. The summed E-state index contributed by atoms with van der Waals surface area (Å²) >= 11 is 0. The van der Waals surface area contributed by atoms with Gasteiger partial charge in [-0.15, -0.1) is 0 Å². The highest BCUT2D eigenvalue weighted by Gasteiger charge is 2.20. The molecule has 18 heavy (non-hydrogen) atoms. The summed E-state index contributed by atoms with van der Waals surface area (Å²) in [5.74, 6) is 1.78. The zero-order valence-corrected chi connectivity index (χ0v) is 10.7. The van der Waals surface area contributed by atoms with Crippen molar-refractivity contribution in [2.45, 2.75) is 6.42 Å². The Kier molecular flexibility index (Phi) is 4.04. The van der Waals surface area contributed by atoms with Crippen LogP contribution in [0, 0.1) is 5.92 Å². The zero-order valence-electron chi connectivity index (χ0n) is 10.7. The molecule has 98 valence electrons. The SMILES string of the molecule is COc1ccc(NC(=O)CC2CNC2)c(OC)c1. The first kappa shape index (κ1) is 12.7. The van der Waals surface area contributed by atoms with Gasteiger partial charge in [0.1, 0.15) is 11.5 Å². The summed E-state index contributed by atoms with van der Waals surface area (Å²) in [6.07, 6.45) is 0.544. The Morgan fingerprint density at radius 3 is 2.72 bits per heavy atom. The highest BCUT2D eigenvalue weighted by molar-refractivity contribution is 5.92. The van der Waals surface area contributed by atoms with Crippen LogP contribution >= 0.6 is 0 Å². The first-order valence-corrected chi connectivity index (χ1v) is 5.95. The first-order valence-electron chi connectivity index (χ1n) is 5.95. The highest BCUT2D eigenvalue weighted by atomic mass is 16.5. The lowest BCUT2D eigenvalue weighted by molar-refractivity contribution is -0.117. The fourth-order valence-corrected chi connectivity index (χ4v) is 1.86. The number of carbonyl (C=O) groups excluding carboxylic acids is 1. The number of methoxy groups -OCH3 is 2. The fourth-order valence-electron chi connectivity index (χ4n) is 1.86. The Balaban J connectivity index is 2.00. The Bertz CT molecular complexity index is 430. The van der Waals surface area contributed by atoms with Gasteiger partial charge in [-0.25, -0.2) is 0 Å². The molecule has 0 unspecified atom stereocenters. The van der Waals surface area contributed by atoms with Crippen LogP contribution in [-0.2, 0) is 4.79 Å². The third-order valence-electron chi connectivity index (χ3n) is 3.02. The van der Waals surface area contributed by atoms with Gasteiger partial charge in [0.05, 0.1) is 19.9 Å². The van der Waals surface area contributed by atoms with Crippen molar-refractivity contribution in [3.63, 3.8) is 0 Å². The minimum absolute atomic E-state index is 0.0185. The summed E-state index contributed by atoms with van der Waals surface area (Å²) in [4.78, 5) is 11.8. The predicted octanol–water partition coefficient (Wildman–Crippen LogP) is 1.25. The quantitative estimate of drug-likeness (QED) is 0.825. The van der Waals surface area contributed by atoms with E-state index in [0.717, 1.165) is 13.1 Å². The van der Waals surface area contributed by atoms with Crippen molar-refractivity contribution in [3.8, 4) is 11.5 Å². The van der Waals surface area contributed by atoms with Crippen LogP contribution < -0.4 is 20.1 Å². The minimum Gasteiger partial charge on any atom is -0.497 e. The van der Waals surface area contributed by atoms with Gasteiger partial charge >= 0.3 is 0 Å². The minimum atomic E-state index is 0.0185. The van der Waals surface area contributed by atoms with Gasteiger partial charge in [0, 0.05) is 12.5 Å². The number of hydrogen-bond donors (Lipinski definition) is 2. The lowest BCUT2D eigenvalue weighted by Crippen LogP contribution is -2.43. The predicted molar refractivity (Wildman–Crippen MR) is 69.2 cm³/mol. The van der Waals surface area contributed by atoms with Crippen LogP contribution in [0.3, 0.4) is 0 Å². The molecule has 1 fully saturated rings. The maximum absolute atomic E-state index is 11.8. The third-order valence-corrected chi connectivity index (χ3v) is 3.02. The molecular weight excluding hydrogens is 232 g/mol. The second-order valence-corrected chi connectivity index (χ2v) is 4.34. The summed E-state index contributed by atoms with van der Waals surface area (Å²) in [5.41, 5.74) is 0.676. The molecule has 0 saturated carbocycles. The first-order chi connectivity index (χ1) is 8.72. The van der Waals surface area contributed by atoms with Gasteiger partial charge in [0.15, 0.2) is 0 Å². The number of ether oxygens (including phenoxy) is 2. The largest absolute Gasteiger partial charge is 0.497 e. The molecule has 1 aromatic rings. The highest BCUT2D eigenvalue weighted by Crippen LogP contribution is 2.29. The maximum atomic E-state index is 11.8. The molecule has 5 nitrogen and oxygen atoms in total. The molecule has 2 N–H and O–H groups in total. The topological polar surface area (TPSA) is 59.6 Å². The molecule has 0 spiro atoms. The number of anilines is 1. The molecule has 1 heterocycles. The van der Waals surface area contributed by atoms with E-state index in [9.17, 15) is 4.79 Å². The van der Waals surface area contributed by atoms with E-state index in [-0.39, 0.29) is 5.91 Å². The molecule has 0 aliphatic carbocycles. The Morgan fingerprint density at radius 2 is 2.17 bits per heavy atom. The monoisotopic (exact) mass is 250 g/mol. The summed E-state index contributed by atoms with van der Waals surface area (Å²) < 4.78 is 10.3. The van der Waals surface area contributed by atoms with Gasteiger partial charge in [-0.1, -0.05) is 0 Å². The van der Waals surface area contributed by atoms with E-state index in [0.29, 0.717) is 29.5 Å². The summed E-state index contributed by atoms with van der Waals surface area (Å²) in [6.45, 7) is 1.85. The molecule has 1 amide bonds. The Morgan fingerprint density at radius 1 is 1.39 bits per heavy atom. The van der Waals surface area contributed by atoms with E-state index in [4.69, 9.17) is 9.47 Å². The average molecular weight is 250 g/mol. The van der Waals surface area contributed by atoms with Gasteiger partial charge in [-0.2, -0.15) is 0 Å². The Labute approximate surface area is 106 Å². The number of amides is 1. The van der Waals surface area contributed by atoms with Gasteiger partial charge in [-0.3, -0.25) is 4.79 Å². The molecular formula is C13H18N2O3. The number of hydrogen-bond acceptors (Lipinski definition) is 4. The van der Waals surface area contributed by atoms with Crippen LogP contribution in [-0.4, -0.2) is 33.2 Å². The van der Waals surface area contributed by atoms with Gasteiger partial charge in [0.25, 0.3) is 0 Å². The normalized spacial score (nSPS) is 14.8. The lowest BCUT2D eigenvalue weighted by Gasteiger charge is -2.26. The lowest BCUT2D eigenvalue weighted by atomic mass is 9.99. The van der Waals surface area contributed by atoms with E-state index in [1.165, 1.54) is 0 Å². The molecule has 2 rings (SSSR count). The molecule has 1 aliphatic rings. The van der Waals surface area contributed by atoms with Crippen LogP contribution in [0.25, 0.3) is 0 Å².